The highest BCUT2D eigenvalue weighted by molar-refractivity contribution is 4.53. The van der Waals surface area contributed by atoms with E-state index in [1.165, 1.54) is 103 Å². The van der Waals surface area contributed by atoms with Crippen molar-refractivity contribution in [3.63, 3.8) is 0 Å². The van der Waals surface area contributed by atoms with Crippen molar-refractivity contribution in [3.8, 4) is 0 Å². The summed E-state index contributed by atoms with van der Waals surface area (Å²) in [5, 5.41) is 8.70. The first-order chi connectivity index (χ1) is 10.8. The Kier molecular flexibility index (Phi) is 18.9. The molecule has 0 rings (SSSR count). The average molecular weight is 314 g/mol. The molecule has 0 aliphatic carbocycles. The summed E-state index contributed by atoms with van der Waals surface area (Å²) in [5.41, 5.74) is 0. The summed E-state index contributed by atoms with van der Waals surface area (Å²) < 4.78 is 0. The lowest BCUT2D eigenvalue weighted by Crippen LogP contribution is -2.23. The normalized spacial score (nSPS) is 11.5. The lowest BCUT2D eigenvalue weighted by Gasteiger charge is -2.17. The zero-order valence-corrected chi connectivity index (χ0v) is 15.6. The number of nitrogens with zero attached hydrogens (tertiary/aromatic N) is 1. The molecule has 0 spiro atoms. The van der Waals surface area contributed by atoms with Crippen molar-refractivity contribution >= 4 is 0 Å². The molecule has 0 atom stereocenters. The largest absolute Gasteiger partial charge is 0.396 e. The predicted octanol–water partition coefficient (Wildman–Crippen LogP) is 5.78. The lowest BCUT2D eigenvalue weighted by atomic mass is 10.0. The fourth-order valence-electron chi connectivity index (χ4n) is 3.11. The number of unbranched alkanes of at least 4 members (excludes halogenated alkanes) is 13. The van der Waals surface area contributed by atoms with Gasteiger partial charge in [0.15, 0.2) is 0 Å². The quantitative estimate of drug-likeness (QED) is 0.324. The minimum Gasteiger partial charge on any atom is -0.396 e. The maximum atomic E-state index is 8.70. The number of rotatable bonds is 18. The van der Waals surface area contributed by atoms with Gasteiger partial charge in [-0.3, -0.25) is 0 Å². The van der Waals surface area contributed by atoms with Gasteiger partial charge in [0, 0.05) is 6.61 Å². The molecule has 0 aromatic heterocycles. The summed E-state index contributed by atoms with van der Waals surface area (Å²) in [6.07, 6.45) is 19.2. The fourth-order valence-corrected chi connectivity index (χ4v) is 3.11. The first-order valence-electron chi connectivity index (χ1n) is 10.2. The van der Waals surface area contributed by atoms with Crippen molar-refractivity contribution in [2.75, 3.05) is 26.2 Å². The first-order valence-corrected chi connectivity index (χ1v) is 10.2. The van der Waals surface area contributed by atoms with Crippen LogP contribution >= 0.6 is 0 Å². The van der Waals surface area contributed by atoms with E-state index in [0.29, 0.717) is 6.61 Å². The van der Waals surface area contributed by atoms with Crippen LogP contribution in [-0.2, 0) is 0 Å². The monoisotopic (exact) mass is 313 g/mol. The van der Waals surface area contributed by atoms with Crippen LogP contribution in [0.2, 0.25) is 0 Å². The Morgan fingerprint density at radius 2 is 0.818 bits per heavy atom. The van der Waals surface area contributed by atoms with E-state index in [4.69, 9.17) is 5.11 Å². The Bertz CT molecular complexity index is 192. The Hall–Kier alpha value is -0.0800. The summed E-state index contributed by atoms with van der Waals surface area (Å²) >= 11 is 0. The summed E-state index contributed by atoms with van der Waals surface area (Å²) in [5.74, 6) is 0. The molecular formula is C20H43NO. The average Bonchev–Trinajstić information content (AvgIpc) is 2.55. The molecule has 22 heavy (non-hydrogen) atoms. The van der Waals surface area contributed by atoms with Gasteiger partial charge in [-0.05, 0) is 32.5 Å². The van der Waals surface area contributed by atoms with Crippen molar-refractivity contribution in [2.24, 2.45) is 0 Å². The zero-order chi connectivity index (χ0) is 16.3. The topological polar surface area (TPSA) is 23.5 Å². The van der Waals surface area contributed by atoms with Crippen LogP contribution in [0.25, 0.3) is 0 Å². The summed E-state index contributed by atoms with van der Waals surface area (Å²) in [6.45, 7) is 8.61. The maximum absolute atomic E-state index is 8.70. The van der Waals surface area contributed by atoms with Crippen molar-refractivity contribution in [2.45, 2.75) is 104 Å². The van der Waals surface area contributed by atoms with Crippen LogP contribution in [0.5, 0.6) is 0 Å². The van der Waals surface area contributed by atoms with Crippen LogP contribution in [0, 0.1) is 0 Å². The van der Waals surface area contributed by atoms with Gasteiger partial charge in [-0.1, -0.05) is 90.9 Å². The first kappa shape index (κ1) is 21.9. The van der Waals surface area contributed by atoms with E-state index >= 15 is 0 Å². The third kappa shape index (κ3) is 16.3. The van der Waals surface area contributed by atoms with Crippen LogP contribution in [0.1, 0.15) is 104 Å². The van der Waals surface area contributed by atoms with Crippen LogP contribution in [-0.4, -0.2) is 36.2 Å². The summed E-state index contributed by atoms with van der Waals surface area (Å²) in [6, 6.07) is 0. The Labute approximate surface area is 140 Å². The van der Waals surface area contributed by atoms with Crippen molar-refractivity contribution < 1.29 is 5.11 Å². The second-order valence-corrected chi connectivity index (χ2v) is 6.70. The molecular weight excluding hydrogens is 270 g/mol. The third-order valence-electron chi connectivity index (χ3n) is 4.78. The third-order valence-corrected chi connectivity index (χ3v) is 4.78. The minimum absolute atomic E-state index is 0.370. The van der Waals surface area contributed by atoms with Crippen molar-refractivity contribution in [1.82, 2.24) is 4.90 Å². The van der Waals surface area contributed by atoms with Gasteiger partial charge >= 0.3 is 0 Å². The number of aliphatic hydroxyl groups excluding tert-OH is 1. The minimum atomic E-state index is 0.370. The molecule has 0 aliphatic heterocycles. The molecule has 0 heterocycles. The molecule has 0 aromatic rings. The fraction of sp³-hybridized carbons (Fsp3) is 1.00. The highest BCUT2D eigenvalue weighted by atomic mass is 16.2. The van der Waals surface area contributed by atoms with Crippen LogP contribution in [0.3, 0.4) is 0 Å². The van der Waals surface area contributed by atoms with Crippen LogP contribution in [0.4, 0.5) is 0 Å². The summed E-state index contributed by atoms with van der Waals surface area (Å²) in [7, 11) is 0. The molecule has 134 valence electrons. The molecule has 2 heteroatoms. The molecule has 0 unspecified atom stereocenters. The standard InChI is InChI=1S/C20H43NO/c1-3-21(4-2)19-17-15-13-11-9-7-5-6-8-10-12-14-16-18-20-22/h22H,3-20H2,1-2H3. The van der Waals surface area contributed by atoms with E-state index < -0.39 is 0 Å². The van der Waals surface area contributed by atoms with Gasteiger partial charge in [0.2, 0.25) is 0 Å². The van der Waals surface area contributed by atoms with E-state index in [0.717, 1.165) is 6.42 Å². The molecule has 0 saturated heterocycles. The highest BCUT2D eigenvalue weighted by Crippen LogP contribution is 2.13. The lowest BCUT2D eigenvalue weighted by molar-refractivity contribution is 0.282. The van der Waals surface area contributed by atoms with E-state index in [1.54, 1.807) is 0 Å². The second kappa shape index (κ2) is 19.0. The Morgan fingerprint density at radius 3 is 1.14 bits per heavy atom. The SMILES string of the molecule is CCN(CC)CCCCCCCCCCCCCCCCO. The number of aliphatic hydroxyl groups is 1. The predicted molar refractivity (Wildman–Crippen MR) is 99.5 cm³/mol. The second-order valence-electron chi connectivity index (χ2n) is 6.70. The molecule has 0 aromatic carbocycles. The van der Waals surface area contributed by atoms with E-state index in [-0.39, 0.29) is 0 Å². The van der Waals surface area contributed by atoms with Gasteiger partial charge in [0.25, 0.3) is 0 Å². The van der Waals surface area contributed by atoms with Gasteiger partial charge in [-0.2, -0.15) is 0 Å². The molecule has 0 radical (unpaired) electrons. The van der Waals surface area contributed by atoms with Crippen LogP contribution < -0.4 is 0 Å². The number of hydrogen-bond acceptors (Lipinski definition) is 2. The molecule has 0 bridgehead atoms. The van der Waals surface area contributed by atoms with Crippen molar-refractivity contribution in [3.05, 3.63) is 0 Å². The Morgan fingerprint density at radius 1 is 0.500 bits per heavy atom. The molecule has 0 fully saturated rings. The van der Waals surface area contributed by atoms with Gasteiger partial charge in [-0.15, -0.1) is 0 Å². The molecule has 0 aliphatic rings. The van der Waals surface area contributed by atoms with Gasteiger partial charge in [0.1, 0.15) is 0 Å². The molecule has 0 saturated carbocycles. The molecule has 1 N–H and O–H groups in total. The van der Waals surface area contributed by atoms with Gasteiger partial charge in [-0.25, -0.2) is 0 Å². The van der Waals surface area contributed by atoms with Crippen molar-refractivity contribution in [1.29, 1.82) is 0 Å². The Balaban J connectivity index is 3.02. The number of hydrogen-bond donors (Lipinski definition) is 1. The maximum Gasteiger partial charge on any atom is 0.0431 e. The van der Waals surface area contributed by atoms with E-state index in [1.807, 2.05) is 0 Å². The van der Waals surface area contributed by atoms with Gasteiger partial charge in [0.05, 0.1) is 0 Å². The zero-order valence-electron chi connectivity index (χ0n) is 15.6. The van der Waals surface area contributed by atoms with Gasteiger partial charge < -0.3 is 10.0 Å². The molecule has 0 amide bonds. The summed E-state index contributed by atoms with van der Waals surface area (Å²) in [4.78, 5) is 2.53. The molecule has 2 nitrogen and oxygen atoms in total. The smallest absolute Gasteiger partial charge is 0.0431 e. The van der Waals surface area contributed by atoms with Crippen LogP contribution in [0.15, 0.2) is 0 Å². The van der Waals surface area contributed by atoms with E-state index in [2.05, 4.69) is 18.7 Å². The highest BCUT2D eigenvalue weighted by Gasteiger charge is 1.98. The van der Waals surface area contributed by atoms with E-state index in [9.17, 15) is 0 Å².